The molecule has 33 heavy (non-hydrogen) atoms. The Morgan fingerprint density at radius 2 is 1.73 bits per heavy atom. The lowest BCUT2D eigenvalue weighted by Gasteiger charge is -2.31. The molecule has 1 N–H and O–H groups in total. The molecule has 3 aromatic rings. The van der Waals surface area contributed by atoms with Crippen LogP contribution < -0.4 is 5.32 Å². The molecular formula is C25H28N4O3S. The van der Waals surface area contributed by atoms with E-state index < -0.39 is 0 Å². The first-order chi connectivity index (χ1) is 16.1. The molecule has 0 aliphatic carbocycles. The number of nitrogens with one attached hydrogen (secondary N) is 1. The van der Waals surface area contributed by atoms with Gasteiger partial charge < -0.3 is 14.6 Å². The molecule has 1 aromatic heterocycles. The van der Waals surface area contributed by atoms with Gasteiger partial charge in [-0.3, -0.25) is 9.59 Å². The van der Waals surface area contributed by atoms with Crippen LogP contribution >= 0.6 is 11.8 Å². The number of anilines is 1. The fourth-order valence-electron chi connectivity index (χ4n) is 3.91. The van der Waals surface area contributed by atoms with Crippen molar-refractivity contribution < 1.29 is 14.0 Å². The van der Waals surface area contributed by atoms with Gasteiger partial charge in [0.2, 0.25) is 17.7 Å². The fourth-order valence-corrected chi connectivity index (χ4v) is 4.60. The van der Waals surface area contributed by atoms with Gasteiger partial charge >= 0.3 is 0 Å². The van der Waals surface area contributed by atoms with E-state index in [1.165, 1.54) is 17.3 Å². The highest BCUT2D eigenvalue weighted by Gasteiger charge is 2.27. The Balaban J connectivity index is 1.20. The monoisotopic (exact) mass is 464 g/mol. The van der Waals surface area contributed by atoms with Crippen LogP contribution in [0.3, 0.4) is 0 Å². The summed E-state index contributed by atoms with van der Waals surface area (Å²) in [6.45, 7) is 3.28. The Labute approximate surface area is 198 Å². The maximum atomic E-state index is 12.6. The fraction of sp³-hybridized carbons (Fsp3) is 0.360. The van der Waals surface area contributed by atoms with Crippen molar-refractivity contribution >= 4 is 29.3 Å². The van der Waals surface area contributed by atoms with Crippen LogP contribution in [0.4, 0.5) is 5.69 Å². The van der Waals surface area contributed by atoms with Crippen LogP contribution in [0.2, 0.25) is 0 Å². The van der Waals surface area contributed by atoms with E-state index in [2.05, 4.69) is 34.6 Å². The number of amides is 2. The molecule has 4 rings (SSSR count). The number of carbonyl (C=O) groups excluding carboxylic acids is 2. The molecule has 0 bridgehead atoms. The van der Waals surface area contributed by atoms with E-state index in [4.69, 9.17) is 4.42 Å². The van der Waals surface area contributed by atoms with Gasteiger partial charge in [-0.1, -0.05) is 67.2 Å². The van der Waals surface area contributed by atoms with Crippen LogP contribution in [-0.4, -0.2) is 45.8 Å². The van der Waals surface area contributed by atoms with Crippen molar-refractivity contribution in [1.82, 2.24) is 15.1 Å². The molecule has 0 spiro atoms. The highest BCUT2D eigenvalue weighted by atomic mass is 32.2. The smallest absolute Gasteiger partial charge is 0.277 e. The topological polar surface area (TPSA) is 88.3 Å². The summed E-state index contributed by atoms with van der Waals surface area (Å²) >= 11 is 1.26. The number of hydrogen-bond donors (Lipinski definition) is 1. The van der Waals surface area contributed by atoms with Crippen molar-refractivity contribution in [1.29, 1.82) is 0 Å². The van der Waals surface area contributed by atoms with Crippen LogP contribution in [0.15, 0.2) is 70.3 Å². The predicted molar refractivity (Wildman–Crippen MR) is 128 cm³/mol. The van der Waals surface area contributed by atoms with Crippen LogP contribution in [-0.2, 0) is 16.0 Å². The normalized spacial score (nSPS) is 15.2. The zero-order valence-corrected chi connectivity index (χ0v) is 19.5. The molecule has 7 nitrogen and oxygen atoms in total. The summed E-state index contributed by atoms with van der Waals surface area (Å²) in [7, 11) is 0. The number of likely N-dealkylation sites (tertiary alicyclic amines) is 1. The molecule has 1 atom stereocenters. The van der Waals surface area contributed by atoms with Crippen molar-refractivity contribution in [2.75, 3.05) is 24.2 Å². The summed E-state index contributed by atoms with van der Waals surface area (Å²) in [5.41, 5.74) is 2.02. The summed E-state index contributed by atoms with van der Waals surface area (Å²) in [6, 6.07) is 19.7. The molecule has 8 heteroatoms. The zero-order chi connectivity index (χ0) is 23.0. The van der Waals surface area contributed by atoms with E-state index >= 15 is 0 Å². The molecule has 172 valence electrons. The highest BCUT2D eigenvalue weighted by molar-refractivity contribution is 7.99. The largest absolute Gasteiger partial charge is 0.416 e. The maximum Gasteiger partial charge on any atom is 0.277 e. The standard InChI is InChI=1S/C25H28N4O3S/c1-18(19-8-4-2-5-9-19)16-22-27-28-25(32-22)33-17-23(30)29-14-12-20(13-15-29)24(31)26-21-10-6-3-7-11-21/h2-11,18,20H,12-17H2,1H3,(H,26,31)/t18-/m1/s1. The molecule has 2 amide bonds. The second-order valence-corrected chi connectivity index (χ2v) is 9.20. The van der Waals surface area contributed by atoms with Crippen LogP contribution in [0, 0.1) is 5.92 Å². The van der Waals surface area contributed by atoms with Gasteiger partial charge in [-0.2, -0.15) is 0 Å². The Kier molecular flexibility index (Phi) is 7.78. The SMILES string of the molecule is C[C@H](Cc1nnc(SCC(=O)N2CCC(C(=O)Nc3ccccc3)CC2)o1)c1ccccc1. The van der Waals surface area contributed by atoms with Crippen LogP contribution in [0.5, 0.6) is 0 Å². The maximum absolute atomic E-state index is 12.6. The Morgan fingerprint density at radius 3 is 2.42 bits per heavy atom. The van der Waals surface area contributed by atoms with E-state index in [1.54, 1.807) is 0 Å². The Hall–Kier alpha value is -3.13. The number of hydrogen-bond acceptors (Lipinski definition) is 6. The van der Waals surface area contributed by atoms with Gasteiger partial charge in [0.15, 0.2) is 0 Å². The first-order valence-electron chi connectivity index (χ1n) is 11.2. The highest BCUT2D eigenvalue weighted by Crippen LogP contribution is 2.24. The second kappa shape index (κ2) is 11.1. The number of benzene rings is 2. The van der Waals surface area contributed by atoms with Crippen molar-refractivity contribution in [2.45, 2.75) is 37.3 Å². The molecule has 2 heterocycles. The average Bonchev–Trinajstić information content (AvgIpc) is 3.31. The molecule has 1 aliphatic heterocycles. The summed E-state index contributed by atoms with van der Waals surface area (Å²) in [5, 5.41) is 11.6. The van der Waals surface area contributed by atoms with Gasteiger partial charge in [-0.05, 0) is 36.5 Å². The number of carbonyl (C=O) groups is 2. The molecular weight excluding hydrogens is 436 g/mol. The number of para-hydroxylation sites is 1. The van der Waals surface area contributed by atoms with E-state index in [-0.39, 0.29) is 29.4 Å². The van der Waals surface area contributed by atoms with Crippen molar-refractivity contribution in [3.8, 4) is 0 Å². The quantitative estimate of drug-likeness (QED) is 0.498. The average molecular weight is 465 g/mol. The number of rotatable bonds is 8. The van der Waals surface area contributed by atoms with Gasteiger partial charge in [-0.15, -0.1) is 10.2 Å². The van der Waals surface area contributed by atoms with Crippen molar-refractivity contribution in [3.05, 3.63) is 72.1 Å². The lowest BCUT2D eigenvalue weighted by molar-refractivity contribution is -0.132. The minimum atomic E-state index is -0.0768. The van der Waals surface area contributed by atoms with Gasteiger partial charge in [0, 0.05) is 31.1 Å². The second-order valence-electron chi connectivity index (χ2n) is 8.28. The molecule has 2 aromatic carbocycles. The molecule has 0 saturated carbocycles. The van der Waals surface area contributed by atoms with Crippen LogP contribution in [0.25, 0.3) is 0 Å². The van der Waals surface area contributed by atoms with Gasteiger partial charge in [0.25, 0.3) is 5.22 Å². The molecule has 1 fully saturated rings. The summed E-state index contributed by atoms with van der Waals surface area (Å²) in [4.78, 5) is 26.9. The van der Waals surface area contributed by atoms with Crippen LogP contribution in [0.1, 0.15) is 37.1 Å². The van der Waals surface area contributed by atoms with E-state index in [0.29, 0.717) is 43.5 Å². The third-order valence-corrected chi connectivity index (χ3v) is 6.68. The molecule has 1 aliphatic rings. The summed E-state index contributed by atoms with van der Waals surface area (Å²) in [6.07, 6.45) is 1.98. The van der Waals surface area contributed by atoms with E-state index in [9.17, 15) is 9.59 Å². The zero-order valence-electron chi connectivity index (χ0n) is 18.6. The lowest BCUT2D eigenvalue weighted by atomic mass is 9.96. The van der Waals surface area contributed by atoms with Crippen molar-refractivity contribution in [2.24, 2.45) is 5.92 Å². The number of aromatic nitrogens is 2. The minimum Gasteiger partial charge on any atom is -0.416 e. The molecule has 0 radical (unpaired) electrons. The van der Waals surface area contributed by atoms with Crippen molar-refractivity contribution in [3.63, 3.8) is 0 Å². The first-order valence-corrected chi connectivity index (χ1v) is 12.2. The third kappa shape index (κ3) is 6.44. The lowest BCUT2D eigenvalue weighted by Crippen LogP contribution is -2.42. The number of piperidine rings is 1. The Bertz CT molecular complexity index is 1050. The van der Waals surface area contributed by atoms with E-state index in [1.807, 2.05) is 53.4 Å². The van der Waals surface area contributed by atoms with Gasteiger partial charge in [0.05, 0.1) is 5.75 Å². The summed E-state index contributed by atoms with van der Waals surface area (Å²) in [5.74, 6) is 1.06. The first kappa shape index (κ1) is 23.0. The van der Waals surface area contributed by atoms with Gasteiger partial charge in [-0.25, -0.2) is 0 Å². The van der Waals surface area contributed by atoms with E-state index in [0.717, 1.165) is 5.69 Å². The predicted octanol–water partition coefficient (Wildman–Crippen LogP) is 4.39. The number of nitrogens with zero attached hydrogens (tertiary/aromatic N) is 3. The van der Waals surface area contributed by atoms with Gasteiger partial charge in [0.1, 0.15) is 0 Å². The summed E-state index contributed by atoms with van der Waals surface area (Å²) < 4.78 is 5.74. The minimum absolute atomic E-state index is 0.0193. The third-order valence-electron chi connectivity index (χ3n) is 5.88. The molecule has 1 saturated heterocycles. The molecule has 0 unspecified atom stereocenters. The Morgan fingerprint density at radius 1 is 1.06 bits per heavy atom. The number of thioether (sulfide) groups is 1.